The summed E-state index contributed by atoms with van der Waals surface area (Å²) in [6.07, 6.45) is 0.0970. The van der Waals surface area contributed by atoms with E-state index in [9.17, 15) is 26.9 Å². The normalized spacial score (nSPS) is 11.1. The number of urea groups is 1. The third-order valence-corrected chi connectivity index (χ3v) is 3.94. The van der Waals surface area contributed by atoms with Gasteiger partial charge in [0.2, 0.25) is 9.76 Å². The molecule has 0 spiro atoms. The summed E-state index contributed by atoms with van der Waals surface area (Å²) >= 11 is 0. The Kier molecular flexibility index (Phi) is 10.2. The number of carbonyl (C=O) groups is 1. The number of benzene rings is 1. The van der Waals surface area contributed by atoms with Crippen LogP contribution in [-0.4, -0.2) is 47.2 Å². The highest BCUT2D eigenvalue weighted by Gasteiger charge is 2.27. The zero-order valence-electron chi connectivity index (χ0n) is 14.7. The second-order valence-corrected chi connectivity index (χ2v) is 5.93. The van der Waals surface area contributed by atoms with E-state index in [0.29, 0.717) is 31.4 Å². The van der Waals surface area contributed by atoms with E-state index in [1.165, 1.54) is 0 Å². The van der Waals surface area contributed by atoms with Crippen molar-refractivity contribution >= 4 is 21.5 Å². The predicted octanol–water partition coefficient (Wildman–Crippen LogP) is 3.90. The molecule has 2 radical (unpaired) electrons. The van der Waals surface area contributed by atoms with Crippen molar-refractivity contribution in [1.82, 2.24) is 5.12 Å². The topological polar surface area (TPSA) is 51.2 Å². The van der Waals surface area contributed by atoms with Crippen molar-refractivity contribution in [2.24, 2.45) is 0 Å². The molecule has 0 unspecified atom stereocenters. The first kappa shape index (κ1) is 23.3. The van der Waals surface area contributed by atoms with E-state index >= 15 is 0 Å². The number of ether oxygens (including phenoxy) is 2. The molecule has 0 aromatic heterocycles. The van der Waals surface area contributed by atoms with Crippen LogP contribution >= 0.6 is 0 Å². The van der Waals surface area contributed by atoms with Crippen LogP contribution in [0.3, 0.4) is 0 Å². The van der Waals surface area contributed by atoms with Crippen molar-refractivity contribution in [2.45, 2.75) is 32.8 Å². The Hall–Kier alpha value is -1.76. The number of hydrogen-bond donors (Lipinski definition) is 0. The zero-order valence-corrected chi connectivity index (χ0v) is 15.7. The van der Waals surface area contributed by atoms with E-state index < -0.39 is 52.4 Å². The Bertz CT molecular complexity index is 608. The molecule has 2 amide bonds. The van der Waals surface area contributed by atoms with Gasteiger partial charge in [-0.15, -0.1) is 5.12 Å². The molecule has 1 aromatic carbocycles. The molecule has 0 aliphatic heterocycles. The van der Waals surface area contributed by atoms with Gasteiger partial charge in [0, 0.05) is 13.2 Å². The first-order valence-electron chi connectivity index (χ1n) is 8.01. The van der Waals surface area contributed by atoms with Crippen molar-refractivity contribution in [3.05, 3.63) is 29.6 Å². The molecular formula is C15H19F5N2O4Si. The molecule has 6 nitrogen and oxygen atoms in total. The minimum Gasteiger partial charge on any atom is -0.372 e. The lowest BCUT2D eigenvalue weighted by atomic mass is 10.3. The number of anilines is 1. The van der Waals surface area contributed by atoms with Crippen molar-refractivity contribution in [3.8, 4) is 0 Å². The van der Waals surface area contributed by atoms with E-state index in [2.05, 4.69) is 0 Å². The summed E-state index contributed by atoms with van der Waals surface area (Å²) in [5, 5.41) is -1.44. The minimum absolute atomic E-state index is 0.0970. The van der Waals surface area contributed by atoms with Crippen LogP contribution in [0.15, 0.2) is 12.1 Å². The van der Waals surface area contributed by atoms with Gasteiger partial charge in [-0.05, 0) is 38.4 Å². The summed E-state index contributed by atoms with van der Waals surface area (Å²) in [7, 11) is -0.126. The molecule has 0 heterocycles. The van der Waals surface area contributed by atoms with Gasteiger partial charge < -0.3 is 13.9 Å². The fourth-order valence-corrected chi connectivity index (χ4v) is 2.46. The molecule has 0 N–H and O–H groups in total. The van der Waals surface area contributed by atoms with Crippen LogP contribution in [0.5, 0.6) is 0 Å². The summed E-state index contributed by atoms with van der Waals surface area (Å²) in [4.78, 5) is 11.6. The number of halogens is 5. The molecule has 0 fully saturated rings. The second-order valence-electron chi connectivity index (χ2n) is 4.91. The van der Waals surface area contributed by atoms with Crippen LogP contribution in [-0.2, 0) is 13.9 Å². The van der Waals surface area contributed by atoms with Crippen LogP contribution in [0.1, 0.15) is 20.3 Å². The number of amides is 2. The molecule has 152 valence electrons. The first-order chi connectivity index (χ1) is 12.8. The number of carbonyl (C=O) groups excluding carboxylic acids is 1. The second kappa shape index (κ2) is 11.8. The third kappa shape index (κ3) is 7.05. The van der Waals surface area contributed by atoms with Gasteiger partial charge in [0.1, 0.15) is 5.69 Å². The standard InChI is InChI=1S/C15H19F5N2O4Si/c1-3-24-15(25-4-2)26-27-9-5-8-21(19)14(23)22(20)11-7-6-10(16)12(17)13(11)18/h6-7,15H,3-5,8-9H2,1-2H3. The fraction of sp³-hybridized carbons (Fsp3) is 0.533. The van der Waals surface area contributed by atoms with Gasteiger partial charge >= 0.3 is 6.03 Å². The highest BCUT2D eigenvalue weighted by Crippen LogP contribution is 2.25. The van der Waals surface area contributed by atoms with E-state index in [1.54, 1.807) is 13.8 Å². The number of rotatable bonds is 11. The Morgan fingerprint density at radius 3 is 2.33 bits per heavy atom. The molecule has 0 bridgehead atoms. The van der Waals surface area contributed by atoms with Gasteiger partial charge in [-0.1, -0.05) is 8.96 Å². The van der Waals surface area contributed by atoms with Crippen molar-refractivity contribution in [1.29, 1.82) is 0 Å². The lowest BCUT2D eigenvalue weighted by molar-refractivity contribution is -0.243. The fourth-order valence-electron chi connectivity index (χ4n) is 1.77. The minimum atomic E-state index is -1.97. The van der Waals surface area contributed by atoms with Gasteiger partial charge in [0.05, 0.1) is 6.54 Å². The van der Waals surface area contributed by atoms with Crippen molar-refractivity contribution < 1.29 is 40.8 Å². The average molecular weight is 414 g/mol. The largest absolute Gasteiger partial charge is 0.381 e. The van der Waals surface area contributed by atoms with Crippen LogP contribution in [0.25, 0.3) is 0 Å². The molecular weight excluding hydrogens is 395 g/mol. The summed E-state index contributed by atoms with van der Waals surface area (Å²) in [5.74, 6) is -5.47. The maximum atomic E-state index is 13.8. The van der Waals surface area contributed by atoms with E-state index in [4.69, 9.17) is 13.9 Å². The number of nitrogens with zero attached hydrogens (tertiary/aromatic N) is 2. The molecule has 0 aliphatic carbocycles. The zero-order chi connectivity index (χ0) is 20.4. The third-order valence-electron chi connectivity index (χ3n) is 3.02. The average Bonchev–Trinajstić information content (AvgIpc) is 2.65. The highest BCUT2D eigenvalue weighted by atomic mass is 28.2. The van der Waals surface area contributed by atoms with Gasteiger partial charge in [-0.25, -0.2) is 18.0 Å². The van der Waals surface area contributed by atoms with Gasteiger partial charge in [-0.2, -0.15) is 5.12 Å². The first-order valence-corrected chi connectivity index (χ1v) is 9.13. The summed E-state index contributed by atoms with van der Waals surface area (Å²) < 4.78 is 82.4. The molecule has 12 heteroatoms. The molecule has 0 saturated heterocycles. The predicted molar refractivity (Wildman–Crippen MR) is 86.4 cm³/mol. The van der Waals surface area contributed by atoms with E-state index in [1.807, 2.05) is 0 Å². The molecule has 0 atom stereocenters. The van der Waals surface area contributed by atoms with Gasteiger partial charge in [0.25, 0.3) is 6.48 Å². The summed E-state index contributed by atoms with van der Waals surface area (Å²) in [6, 6.07) is -0.653. The summed E-state index contributed by atoms with van der Waals surface area (Å²) in [5.41, 5.74) is -1.23. The van der Waals surface area contributed by atoms with Crippen LogP contribution < -0.4 is 5.12 Å². The maximum absolute atomic E-state index is 13.8. The van der Waals surface area contributed by atoms with E-state index in [0.717, 1.165) is 0 Å². The molecule has 1 rings (SSSR count). The smallest absolute Gasteiger partial charge is 0.372 e. The molecule has 0 aliphatic rings. The van der Waals surface area contributed by atoms with Crippen LogP contribution in [0, 0.1) is 17.5 Å². The lowest BCUT2D eigenvalue weighted by Gasteiger charge is -2.18. The lowest BCUT2D eigenvalue weighted by Crippen LogP contribution is -2.35. The molecule has 27 heavy (non-hydrogen) atoms. The van der Waals surface area contributed by atoms with Gasteiger partial charge in [-0.3, -0.25) is 0 Å². The highest BCUT2D eigenvalue weighted by molar-refractivity contribution is 6.27. The quantitative estimate of drug-likeness (QED) is 0.138. The van der Waals surface area contributed by atoms with Crippen LogP contribution in [0.2, 0.25) is 6.04 Å². The number of hydrogen-bond acceptors (Lipinski definition) is 4. The van der Waals surface area contributed by atoms with Gasteiger partial charge in [0.15, 0.2) is 17.5 Å². The Morgan fingerprint density at radius 1 is 1.11 bits per heavy atom. The van der Waals surface area contributed by atoms with E-state index in [-0.39, 0.29) is 16.2 Å². The molecule has 0 saturated carbocycles. The Labute approximate surface area is 155 Å². The summed E-state index contributed by atoms with van der Waals surface area (Å²) in [6.45, 7) is 2.88. The van der Waals surface area contributed by atoms with Crippen molar-refractivity contribution in [3.63, 3.8) is 0 Å². The maximum Gasteiger partial charge on any atom is 0.381 e. The Morgan fingerprint density at radius 2 is 1.74 bits per heavy atom. The SMILES string of the molecule is CCOC(OCC)O[Si]CCCN(F)C(=O)N(F)c1ccc(F)c(F)c1F. The Balaban J connectivity index is 2.45. The monoisotopic (exact) mass is 414 g/mol. The van der Waals surface area contributed by atoms with Crippen molar-refractivity contribution in [2.75, 3.05) is 24.9 Å². The molecule has 1 aromatic rings. The van der Waals surface area contributed by atoms with Crippen LogP contribution in [0.4, 0.5) is 32.6 Å².